The smallest absolute Gasteiger partial charge is 0.331 e. The summed E-state index contributed by atoms with van der Waals surface area (Å²) in [4.78, 5) is 39.5. The number of hydrogen-bond donors (Lipinski definition) is 4. The second-order valence-corrected chi connectivity index (χ2v) is 3.32. The first kappa shape index (κ1) is 18.0. The van der Waals surface area contributed by atoms with Crippen molar-refractivity contribution in [2.24, 2.45) is 5.92 Å². The molecule has 0 bridgehead atoms. The predicted molar refractivity (Wildman–Crippen MR) is 60.2 cm³/mol. The zero-order valence-electron chi connectivity index (χ0n) is 9.62. The summed E-state index contributed by atoms with van der Waals surface area (Å²) in [7, 11) is 0. The van der Waals surface area contributed by atoms with Gasteiger partial charge in [-0.2, -0.15) is 0 Å². The van der Waals surface area contributed by atoms with Crippen LogP contribution in [-0.2, 0) is 19.2 Å². The van der Waals surface area contributed by atoms with Crippen molar-refractivity contribution in [1.82, 2.24) is 0 Å². The van der Waals surface area contributed by atoms with E-state index in [1.807, 2.05) is 0 Å². The van der Waals surface area contributed by atoms with Crippen molar-refractivity contribution >= 4 is 23.9 Å². The van der Waals surface area contributed by atoms with E-state index in [2.05, 4.69) is 6.58 Å². The first-order valence-electron chi connectivity index (χ1n) is 4.65. The zero-order valence-corrected chi connectivity index (χ0v) is 9.62. The fourth-order valence-corrected chi connectivity index (χ4v) is 0.607. The van der Waals surface area contributed by atoms with Crippen LogP contribution < -0.4 is 0 Å². The second kappa shape index (κ2) is 8.74. The predicted octanol–water partition coefficient (Wildman–Crippen LogP) is 0.530. The largest absolute Gasteiger partial charge is 0.481 e. The molecule has 0 aromatic rings. The maximum absolute atomic E-state index is 9.97. The van der Waals surface area contributed by atoms with Crippen molar-refractivity contribution in [2.75, 3.05) is 0 Å². The van der Waals surface area contributed by atoms with Gasteiger partial charge < -0.3 is 20.4 Å². The maximum Gasteiger partial charge on any atom is 0.331 e. The molecule has 0 aliphatic heterocycles. The van der Waals surface area contributed by atoms with Gasteiger partial charge in [-0.1, -0.05) is 13.5 Å². The Bertz CT molecular complexity index is 363. The Balaban J connectivity index is -0.000000256. The van der Waals surface area contributed by atoms with Crippen LogP contribution in [0.5, 0.6) is 0 Å². The first-order chi connectivity index (χ1) is 8.07. The summed E-state index contributed by atoms with van der Waals surface area (Å²) in [5, 5.41) is 32.3. The molecule has 8 heteroatoms. The molecule has 0 aromatic carbocycles. The zero-order chi connectivity index (χ0) is 14.9. The van der Waals surface area contributed by atoms with Crippen molar-refractivity contribution in [3.8, 4) is 0 Å². The quantitative estimate of drug-likeness (QED) is 0.507. The Hall–Kier alpha value is -2.38. The topological polar surface area (TPSA) is 149 Å². The molecule has 0 heterocycles. The Kier molecular flexibility index (Phi) is 8.73. The summed E-state index contributed by atoms with van der Waals surface area (Å²) in [6.07, 6.45) is -0.815. The highest BCUT2D eigenvalue weighted by Crippen LogP contribution is 1.99. The van der Waals surface area contributed by atoms with E-state index in [4.69, 9.17) is 20.4 Å². The van der Waals surface area contributed by atoms with Gasteiger partial charge in [0.1, 0.15) is 0 Å². The molecule has 18 heavy (non-hydrogen) atoms. The summed E-state index contributed by atoms with van der Waals surface area (Å²) in [5.41, 5.74) is -0.303. The lowest BCUT2D eigenvalue weighted by Gasteiger charge is -1.98. The second-order valence-electron chi connectivity index (χ2n) is 3.32. The van der Waals surface area contributed by atoms with Gasteiger partial charge in [0.05, 0.1) is 18.8 Å². The Morgan fingerprint density at radius 2 is 1.50 bits per heavy atom. The highest BCUT2D eigenvalue weighted by Gasteiger charge is 2.13. The minimum atomic E-state index is -1.27. The van der Waals surface area contributed by atoms with Crippen LogP contribution >= 0.6 is 0 Å². The summed E-state index contributed by atoms with van der Waals surface area (Å²) in [6, 6.07) is 0. The molecule has 8 nitrogen and oxygen atoms in total. The Morgan fingerprint density at radius 3 is 1.61 bits per heavy atom. The van der Waals surface area contributed by atoms with Crippen LogP contribution in [0.25, 0.3) is 0 Å². The van der Waals surface area contributed by atoms with Crippen LogP contribution in [0.15, 0.2) is 12.2 Å². The van der Waals surface area contributed by atoms with Gasteiger partial charge in [-0.3, -0.25) is 14.4 Å². The van der Waals surface area contributed by atoms with Crippen molar-refractivity contribution in [3.63, 3.8) is 0 Å². The molecule has 1 atom stereocenters. The van der Waals surface area contributed by atoms with Gasteiger partial charge in [-0.15, -0.1) is 0 Å². The van der Waals surface area contributed by atoms with Crippen LogP contribution in [0.4, 0.5) is 0 Å². The molecule has 1 unspecified atom stereocenters. The third-order valence-electron chi connectivity index (χ3n) is 1.57. The summed E-state index contributed by atoms with van der Waals surface area (Å²) in [6.45, 7) is 4.37. The number of carbonyl (C=O) groups is 4. The number of aliphatic carboxylic acids is 4. The molecule has 0 rings (SSSR count). The summed E-state index contributed by atoms with van der Waals surface area (Å²) >= 11 is 0. The number of rotatable bonds is 6. The van der Waals surface area contributed by atoms with E-state index in [0.29, 0.717) is 0 Å². The third kappa shape index (κ3) is 11.7. The minimum Gasteiger partial charge on any atom is -0.481 e. The molecule has 0 spiro atoms. The van der Waals surface area contributed by atoms with Crippen LogP contribution in [-0.4, -0.2) is 44.3 Å². The third-order valence-corrected chi connectivity index (χ3v) is 1.57. The lowest BCUT2D eigenvalue weighted by molar-refractivity contribution is -0.147. The maximum atomic E-state index is 9.97. The van der Waals surface area contributed by atoms with Crippen LogP contribution in [0, 0.1) is 5.92 Å². The monoisotopic (exact) mass is 264 g/mol. The van der Waals surface area contributed by atoms with Gasteiger partial charge in [-0.25, -0.2) is 4.79 Å². The molecular weight excluding hydrogens is 248 g/mol. The van der Waals surface area contributed by atoms with Gasteiger partial charge >= 0.3 is 23.9 Å². The van der Waals surface area contributed by atoms with E-state index >= 15 is 0 Å². The van der Waals surface area contributed by atoms with Gasteiger partial charge in [0, 0.05) is 7.00 Å². The fourth-order valence-electron chi connectivity index (χ4n) is 0.607. The summed E-state index contributed by atoms with van der Waals surface area (Å²) in [5.74, 6) is -5.38. The summed E-state index contributed by atoms with van der Waals surface area (Å²) < 4.78 is 0. The Morgan fingerprint density at radius 1 is 1.06 bits per heavy atom. The standard InChI is InChI=1S/C5H8O4.C5H6O4.H2/c2*1-3(5(8)9)2-4(6)7;/h3H,2H2,1H3,(H,6,7)(H,8,9);1-2H2,(H,6,7)(H,8,9);1H. The molecule has 0 radical (unpaired) electrons. The van der Waals surface area contributed by atoms with Gasteiger partial charge in [0.2, 0.25) is 0 Å². The highest BCUT2D eigenvalue weighted by atomic mass is 16.4. The molecule has 0 saturated carbocycles. The first-order valence-corrected chi connectivity index (χ1v) is 4.65. The van der Waals surface area contributed by atoms with Crippen LogP contribution in [0.1, 0.15) is 21.2 Å². The van der Waals surface area contributed by atoms with E-state index in [1.165, 1.54) is 6.92 Å². The number of carboxylic acids is 4. The molecule has 0 amide bonds. The normalized spacial score (nSPS) is 10.5. The minimum absolute atomic E-state index is 0. The molecule has 4 N–H and O–H groups in total. The van der Waals surface area contributed by atoms with Crippen molar-refractivity contribution < 1.29 is 41.0 Å². The highest BCUT2D eigenvalue weighted by molar-refractivity contribution is 5.91. The number of carboxylic acid groups (broad SMARTS) is 4. The van der Waals surface area contributed by atoms with Crippen molar-refractivity contribution in [2.45, 2.75) is 19.8 Å². The molecular formula is C10H16O8. The SMILES string of the molecule is C=C(CC(=O)O)C(=O)O.CC(CC(=O)O)C(=O)O.[HH]. The van der Waals surface area contributed by atoms with Crippen LogP contribution in [0.3, 0.4) is 0 Å². The molecule has 0 saturated heterocycles. The fraction of sp³-hybridized carbons (Fsp3) is 0.400. The van der Waals surface area contributed by atoms with Gasteiger partial charge in [0.15, 0.2) is 0 Å². The van der Waals surface area contributed by atoms with E-state index in [0.717, 1.165) is 0 Å². The average molecular weight is 264 g/mol. The van der Waals surface area contributed by atoms with Gasteiger partial charge in [-0.05, 0) is 0 Å². The molecule has 0 aliphatic carbocycles. The van der Waals surface area contributed by atoms with E-state index in [9.17, 15) is 19.2 Å². The average Bonchev–Trinajstić information content (AvgIpc) is 2.16. The Labute approximate surface area is 104 Å². The van der Waals surface area contributed by atoms with Crippen LogP contribution in [0.2, 0.25) is 0 Å². The lowest BCUT2D eigenvalue weighted by Crippen LogP contribution is -2.13. The molecule has 0 fully saturated rings. The number of hydrogen-bond acceptors (Lipinski definition) is 4. The molecule has 0 aliphatic rings. The van der Waals surface area contributed by atoms with E-state index in [1.54, 1.807) is 0 Å². The molecule has 104 valence electrons. The lowest BCUT2D eigenvalue weighted by atomic mass is 10.1. The van der Waals surface area contributed by atoms with E-state index in [-0.39, 0.29) is 13.4 Å². The molecule has 0 aromatic heterocycles. The van der Waals surface area contributed by atoms with Crippen molar-refractivity contribution in [1.29, 1.82) is 0 Å². The van der Waals surface area contributed by atoms with Gasteiger partial charge in [0.25, 0.3) is 0 Å². The van der Waals surface area contributed by atoms with Crippen molar-refractivity contribution in [3.05, 3.63) is 12.2 Å². The van der Waals surface area contributed by atoms with E-state index < -0.39 is 36.2 Å².